The molecule has 0 N–H and O–H groups in total. The minimum atomic E-state index is -0.202. The highest BCUT2D eigenvalue weighted by molar-refractivity contribution is 4.76. The molecule has 13 heavy (non-hydrogen) atoms. The van der Waals surface area contributed by atoms with Gasteiger partial charge in [-0.1, -0.05) is 0 Å². The van der Waals surface area contributed by atoms with Crippen molar-refractivity contribution in [3.63, 3.8) is 0 Å². The van der Waals surface area contributed by atoms with Crippen molar-refractivity contribution in [1.29, 1.82) is 0 Å². The summed E-state index contributed by atoms with van der Waals surface area (Å²) >= 11 is 0. The van der Waals surface area contributed by atoms with Crippen LogP contribution in [0.3, 0.4) is 0 Å². The first-order valence-electron chi connectivity index (χ1n) is 5.22. The number of nitrogens with zero attached hydrogens (tertiary/aromatic N) is 1. The lowest BCUT2D eigenvalue weighted by Gasteiger charge is -2.45. The number of quaternary nitrogens is 1. The number of hydrogen-bond acceptors (Lipinski definition) is 2. The molecule has 2 heterocycles. The minimum absolute atomic E-state index is 0.202. The van der Waals surface area contributed by atoms with Gasteiger partial charge in [0.1, 0.15) is 0 Å². The SMILES string of the molecule is C[N+]1(C)CCC2(CC1)OCCCO2. The number of rotatable bonds is 0. The summed E-state index contributed by atoms with van der Waals surface area (Å²) in [5, 5.41) is 0. The van der Waals surface area contributed by atoms with Gasteiger partial charge in [-0.25, -0.2) is 0 Å². The molecule has 0 aliphatic carbocycles. The average molecular weight is 186 g/mol. The van der Waals surface area contributed by atoms with Crippen molar-refractivity contribution in [2.45, 2.75) is 25.0 Å². The second-order valence-electron chi connectivity index (χ2n) is 4.84. The smallest absolute Gasteiger partial charge is 0.178 e. The summed E-state index contributed by atoms with van der Waals surface area (Å²) < 4.78 is 12.6. The lowest BCUT2D eigenvalue weighted by Crippen LogP contribution is -2.55. The molecule has 2 rings (SSSR count). The fourth-order valence-corrected chi connectivity index (χ4v) is 2.09. The fraction of sp³-hybridized carbons (Fsp3) is 1.00. The van der Waals surface area contributed by atoms with Crippen LogP contribution >= 0.6 is 0 Å². The van der Waals surface area contributed by atoms with E-state index in [2.05, 4.69) is 14.1 Å². The third-order valence-corrected chi connectivity index (χ3v) is 3.21. The standard InChI is InChI=1S/C10H20NO2/c1-11(2)6-4-10(5-7-11)12-8-3-9-13-10/h3-9H2,1-2H3/q+1. The highest BCUT2D eigenvalue weighted by Gasteiger charge is 2.42. The molecule has 0 amide bonds. The van der Waals surface area contributed by atoms with Crippen LogP contribution in [0, 0.1) is 0 Å². The van der Waals surface area contributed by atoms with Crippen LogP contribution in [0.25, 0.3) is 0 Å². The monoisotopic (exact) mass is 186 g/mol. The largest absolute Gasteiger partial charge is 0.349 e. The quantitative estimate of drug-likeness (QED) is 0.525. The molecule has 0 atom stereocenters. The Kier molecular flexibility index (Phi) is 2.34. The van der Waals surface area contributed by atoms with Crippen LogP contribution in [-0.2, 0) is 9.47 Å². The number of likely N-dealkylation sites (tertiary alicyclic amines) is 1. The maximum absolute atomic E-state index is 5.77. The first-order chi connectivity index (χ1) is 6.12. The third-order valence-electron chi connectivity index (χ3n) is 3.21. The average Bonchev–Trinajstić information content (AvgIpc) is 2.13. The van der Waals surface area contributed by atoms with Crippen molar-refractivity contribution in [2.75, 3.05) is 40.4 Å². The Balaban J connectivity index is 1.95. The summed E-state index contributed by atoms with van der Waals surface area (Å²) in [6.07, 6.45) is 3.17. The van der Waals surface area contributed by atoms with Crippen molar-refractivity contribution in [3.05, 3.63) is 0 Å². The van der Waals surface area contributed by atoms with Crippen molar-refractivity contribution >= 4 is 0 Å². The molecule has 76 valence electrons. The van der Waals surface area contributed by atoms with Crippen LogP contribution in [0.15, 0.2) is 0 Å². The van der Waals surface area contributed by atoms with Gasteiger partial charge in [0.2, 0.25) is 0 Å². The van der Waals surface area contributed by atoms with E-state index in [0.717, 1.165) is 37.0 Å². The number of ether oxygens (including phenoxy) is 2. The zero-order valence-corrected chi connectivity index (χ0v) is 8.71. The molecular formula is C10H20NO2+. The molecule has 0 bridgehead atoms. The van der Waals surface area contributed by atoms with Gasteiger partial charge in [0, 0.05) is 0 Å². The Hall–Kier alpha value is -0.120. The van der Waals surface area contributed by atoms with E-state index in [9.17, 15) is 0 Å². The van der Waals surface area contributed by atoms with E-state index in [4.69, 9.17) is 9.47 Å². The lowest BCUT2D eigenvalue weighted by molar-refractivity contribution is -0.899. The Morgan fingerprint density at radius 3 is 2.08 bits per heavy atom. The maximum atomic E-state index is 5.77. The molecule has 0 aromatic rings. The van der Waals surface area contributed by atoms with Gasteiger partial charge in [0.05, 0.1) is 53.2 Å². The van der Waals surface area contributed by atoms with Gasteiger partial charge in [0.25, 0.3) is 0 Å². The van der Waals surface area contributed by atoms with E-state index in [1.165, 1.54) is 13.1 Å². The molecule has 0 aromatic heterocycles. The van der Waals surface area contributed by atoms with Crippen molar-refractivity contribution in [2.24, 2.45) is 0 Å². The Labute approximate surface area is 80.2 Å². The molecule has 2 aliphatic rings. The van der Waals surface area contributed by atoms with Gasteiger partial charge < -0.3 is 14.0 Å². The van der Waals surface area contributed by atoms with Crippen molar-refractivity contribution in [3.8, 4) is 0 Å². The Bertz CT molecular complexity index is 173. The maximum Gasteiger partial charge on any atom is 0.178 e. The molecule has 2 saturated heterocycles. The summed E-state index contributed by atoms with van der Waals surface area (Å²) in [7, 11) is 4.55. The van der Waals surface area contributed by atoms with E-state index in [-0.39, 0.29) is 5.79 Å². The van der Waals surface area contributed by atoms with Gasteiger partial charge in [0.15, 0.2) is 5.79 Å². The van der Waals surface area contributed by atoms with Gasteiger partial charge in [-0.05, 0) is 6.42 Å². The van der Waals surface area contributed by atoms with Crippen molar-refractivity contribution in [1.82, 2.24) is 0 Å². The summed E-state index contributed by atoms with van der Waals surface area (Å²) in [5.74, 6) is -0.202. The fourth-order valence-electron chi connectivity index (χ4n) is 2.09. The van der Waals surface area contributed by atoms with E-state index in [0.29, 0.717) is 0 Å². The van der Waals surface area contributed by atoms with Crippen molar-refractivity contribution < 1.29 is 14.0 Å². The number of piperidine rings is 1. The predicted octanol–water partition coefficient (Wildman–Crippen LogP) is 0.990. The van der Waals surface area contributed by atoms with E-state index in [1.807, 2.05) is 0 Å². The van der Waals surface area contributed by atoms with E-state index in [1.54, 1.807) is 0 Å². The highest BCUT2D eigenvalue weighted by Crippen LogP contribution is 2.31. The van der Waals surface area contributed by atoms with Crippen LogP contribution < -0.4 is 0 Å². The minimum Gasteiger partial charge on any atom is -0.349 e. The third kappa shape index (κ3) is 2.03. The van der Waals surface area contributed by atoms with Gasteiger partial charge in [-0.15, -0.1) is 0 Å². The molecule has 0 radical (unpaired) electrons. The summed E-state index contributed by atoms with van der Waals surface area (Å²) in [5.41, 5.74) is 0. The first kappa shape index (κ1) is 9.44. The second-order valence-corrected chi connectivity index (χ2v) is 4.84. The molecule has 3 nitrogen and oxygen atoms in total. The van der Waals surface area contributed by atoms with Crippen LogP contribution in [-0.4, -0.2) is 50.7 Å². The number of hydrogen-bond donors (Lipinski definition) is 0. The first-order valence-corrected chi connectivity index (χ1v) is 5.22. The summed E-state index contributed by atoms with van der Waals surface area (Å²) in [6, 6.07) is 0. The predicted molar refractivity (Wildman–Crippen MR) is 50.3 cm³/mol. The van der Waals surface area contributed by atoms with Crippen LogP contribution in [0.4, 0.5) is 0 Å². The van der Waals surface area contributed by atoms with Gasteiger partial charge >= 0.3 is 0 Å². The molecule has 0 aromatic carbocycles. The van der Waals surface area contributed by atoms with Crippen LogP contribution in [0.5, 0.6) is 0 Å². The highest BCUT2D eigenvalue weighted by atomic mass is 16.7. The molecule has 0 saturated carbocycles. The summed E-state index contributed by atoms with van der Waals surface area (Å²) in [6.45, 7) is 4.10. The molecule has 2 aliphatic heterocycles. The topological polar surface area (TPSA) is 18.5 Å². The second kappa shape index (κ2) is 3.23. The zero-order valence-electron chi connectivity index (χ0n) is 8.71. The molecule has 1 spiro atoms. The molecular weight excluding hydrogens is 166 g/mol. The Morgan fingerprint density at radius 1 is 1.00 bits per heavy atom. The van der Waals surface area contributed by atoms with Crippen LogP contribution in [0.1, 0.15) is 19.3 Å². The zero-order chi connectivity index (χ0) is 9.36. The molecule has 0 unspecified atom stereocenters. The van der Waals surface area contributed by atoms with Gasteiger partial charge in [-0.3, -0.25) is 0 Å². The molecule has 3 heteroatoms. The van der Waals surface area contributed by atoms with Crippen LogP contribution in [0.2, 0.25) is 0 Å². The van der Waals surface area contributed by atoms with E-state index >= 15 is 0 Å². The lowest BCUT2D eigenvalue weighted by atomic mass is 10.0. The molecule has 2 fully saturated rings. The normalized spacial score (nSPS) is 31.8. The van der Waals surface area contributed by atoms with Gasteiger partial charge in [-0.2, -0.15) is 0 Å². The Morgan fingerprint density at radius 2 is 1.54 bits per heavy atom. The van der Waals surface area contributed by atoms with E-state index < -0.39 is 0 Å². The summed E-state index contributed by atoms with van der Waals surface area (Å²) in [4.78, 5) is 0.